The smallest absolute Gasteiger partial charge is 0.202 e. The third-order valence-corrected chi connectivity index (χ3v) is 4.87. The molecule has 0 amide bonds. The number of hydrogen-bond donors (Lipinski definition) is 0. The molecule has 100 valence electrons. The average molecular weight is 341 g/mol. The van der Waals surface area contributed by atoms with Gasteiger partial charge in [-0.2, -0.15) is 0 Å². The van der Waals surface area contributed by atoms with Crippen LogP contribution in [0.25, 0.3) is 0 Å². The average Bonchev–Trinajstić information content (AvgIpc) is 2.81. The fourth-order valence-corrected chi connectivity index (χ4v) is 3.05. The lowest BCUT2D eigenvalue weighted by Gasteiger charge is -2.15. The normalized spacial score (nSPS) is 11.6. The largest absolute Gasteiger partial charge is 0.288 e. The summed E-state index contributed by atoms with van der Waals surface area (Å²) in [6.07, 6.45) is 0. The van der Waals surface area contributed by atoms with E-state index in [1.165, 1.54) is 29.5 Å². The predicted molar refractivity (Wildman–Crippen MR) is 80.6 cm³/mol. The fourth-order valence-electron chi connectivity index (χ4n) is 1.64. The molecule has 1 aromatic carbocycles. The van der Waals surface area contributed by atoms with Gasteiger partial charge in [0, 0.05) is 10.4 Å². The van der Waals surface area contributed by atoms with E-state index in [0.29, 0.717) is 14.9 Å². The van der Waals surface area contributed by atoms with Gasteiger partial charge in [-0.15, -0.1) is 11.3 Å². The lowest BCUT2D eigenvalue weighted by Crippen LogP contribution is -2.08. The predicted octanol–water partition coefficient (Wildman–Crippen LogP) is 5.18. The van der Waals surface area contributed by atoms with Crippen LogP contribution in [0.2, 0.25) is 0 Å². The van der Waals surface area contributed by atoms with Crippen molar-refractivity contribution in [3.8, 4) is 0 Å². The van der Waals surface area contributed by atoms with Gasteiger partial charge in [-0.3, -0.25) is 4.79 Å². The van der Waals surface area contributed by atoms with Crippen LogP contribution in [0.5, 0.6) is 0 Å². The first-order valence-corrected chi connectivity index (χ1v) is 7.50. The van der Waals surface area contributed by atoms with Crippen LogP contribution in [-0.4, -0.2) is 5.78 Å². The minimum atomic E-state index is -0.363. The minimum absolute atomic E-state index is 0.0343. The molecule has 0 saturated carbocycles. The Morgan fingerprint density at radius 1 is 1.21 bits per heavy atom. The fraction of sp³-hybridized carbons (Fsp3) is 0.267. The van der Waals surface area contributed by atoms with Crippen molar-refractivity contribution >= 4 is 33.0 Å². The number of ketones is 1. The maximum absolute atomic E-state index is 13.2. The van der Waals surface area contributed by atoms with Gasteiger partial charge in [0.2, 0.25) is 5.78 Å². The standard InChI is InChI=1S/C15H14BrFOS/c1-15(2,3)13-7-6-12(19-13)14(18)9-4-5-11(17)10(16)8-9/h4-8H,1-3H3. The van der Waals surface area contributed by atoms with Gasteiger partial charge in [-0.1, -0.05) is 20.8 Å². The van der Waals surface area contributed by atoms with Crippen molar-refractivity contribution in [1.29, 1.82) is 0 Å². The van der Waals surface area contributed by atoms with E-state index in [4.69, 9.17) is 0 Å². The van der Waals surface area contributed by atoms with Crippen LogP contribution in [0, 0.1) is 5.82 Å². The Morgan fingerprint density at radius 3 is 2.42 bits per heavy atom. The zero-order valence-corrected chi connectivity index (χ0v) is 13.4. The molecule has 4 heteroatoms. The Morgan fingerprint density at radius 2 is 1.89 bits per heavy atom. The van der Waals surface area contributed by atoms with Crippen molar-refractivity contribution in [3.05, 3.63) is 55.9 Å². The molecule has 0 N–H and O–H groups in total. The van der Waals surface area contributed by atoms with Crippen LogP contribution < -0.4 is 0 Å². The van der Waals surface area contributed by atoms with Gasteiger partial charge in [0.1, 0.15) is 5.82 Å². The Bertz CT molecular complexity index is 625. The van der Waals surface area contributed by atoms with E-state index in [9.17, 15) is 9.18 Å². The van der Waals surface area contributed by atoms with Crippen molar-refractivity contribution in [1.82, 2.24) is 0 Å². The summed E-state index contributed by atoms with van der Waals surface area (Å²) in [7, 11) is 0. The van der Waals surface area contributed by atoms with Gasteiger partial charge in [-0.25, -0.2) is 4.39 Å². The number of halogens is 2. The highest BCUT2D eigenvalue weighted by atomic mass is 79.9. The molecule has 0 unspecified atom stereocenters. The molecule has 0 radical (unpaired) electrons. The molecule has 2 aromatic rings. The first-order valence-electron chi connectivity index (χ1n) is 5.89. The highest BCUT2D eigenvalue weighted by molar-refractivity contribution is 9.10. The molecule has 0 aliphatic rings. The maximum Gasteiger partial charge on any atom is 0.202 e. The van der Waals surface area contributed by atoms with E-state index < -0.39 is 0 Å². The summed E-state index contributed by atoms with van der Waals surface area (Å²) in [4.78, 5) is 14.2. The van der Waals surface area contributed by atoms with Crippen LogP contribution >= 0.6 is 27.3 Å². The summed E-state index contributed by atoms with van der Waals surface area (Å²) >= 11 is 4.59. The Hall–Kier alpha value is -1.00. The van der Waals surface area contributed by atoms with Crippen LogP contribution in [0.15, 0.2) is 34.8 Å². The Labute approximate surface area is 124 Å². The first-order chi connectivity index (χ1) is 8.79. The SMILES string of the molecule is CC(C)(C)c1ccc(C(=O)c2ccc(F)c(Br)c2)s1. The lowest BCUT2D eigenvalue weighted by atomic mass is 9.95. The van der Waals surface area contributed by atoms with Crippen LogP contribution in [0.3, 0.4) is 0 Å². The number of rotatable bonds is 2. The van der Waals surface area contributed by atoms with Crippen molar-refractivity contribution in [2.75, 3.05) is 0 Å². The summed E-state index contributed by atoms with van der Waals surface area (Å²) in [6, 6.07) is 8.16. The number of thiophene rings is 1. The molecule has 0 atom stereocenters. The van der Waals surface area contributed by atoms with Crippen LogP contribution in [0.1, 0.15) is 40.9 Å². The highest BCUT2D eigenvalue weighted by Gasteiger charge is 2.19. The van der Waals surface area contributed by atoms with E-state index >= 15 is 0 Å². The maximum atomic E-state index is 13.2. The quantitative estimate of drug-likeness (QED) is 0.688. The Balaban J connectivity index is 2.34. The van der Waals surface area contributed by atoms with E-state index in [2.05, 4.69) is 36.7 Å². The second-order valence-electron chi connectivity index (χ2n) is 5.37. The number of carbonyl (C=O) groups is 1. The summed E-state index contributed by atoms with van der Waals surface area (Å²) in [5.41, 5.74) is 0.530. The molecule has 1 heterocycles. The molecule has 1 nitrogen and oxygen atoms in total. The molecule has 0 bridgehead atoms. The number of hydrogen-bond acceptors (Lipinski definition) is 2. The van der Waals surface area contributed by atoms with Gasteiger partial charge < -0.3 is 0 Å². The zero-order chi connectivity index (χ0) is 14.2. The first kappa shape index (κ1) is 14.4. The van der Waals surface area contributed by atoms with Crippen molar-refractivity contribution in [2.24, 2.45) is 0 Å². The van der Waals surface area contributed by atoms with Gasteiger partial charge in [-0.05, 0) is 51.7 Å². The Kier molecular flexibility index (Phi) is 3.92. The topological polar surface area (TPSA) is 17.1 Å². The zero-order valence-electron chi connectivity index (χ0n) is 11.0. The molecule has 0 fully saturated rings. The third kappa shape index (κ3) is 3.12. The van der Waals surface area contributed by atoms with Crippen molar-refractivity contribution in [2.45, 2.75) is 26.2 Å². The summed E-state index contributed by atoms with van der Waals surface area (Å²) < 4.78 is 13.5. The highest BCUT2D eigenvalue weighted by Crippen LogP contribution is 2.31. The molecule has 0 spiro atoms. The van der Waals surface area contributed by atoms with E-state index in [1.54, 1.807) is 0 Å². The monoisotopic (exact) mass is 340 g/mol. The molecule has 2 rings (SSSR count). The van der Waals surface area contributed by atoms with Gasteiger partial charge >= 0.3 is 0 Å². The number of benzene rings is 1. The van der Waals surface area contributed by atoms with Gasteiger partial charge in [0.15, 0.2) is 0 Å². The second-order valence-corrected chi connectivity index (χ2v) is 7.31. The minimum Gasteiger partial charge on any atom is -0.288 e. The van der Waals surface area contributed by atoms with Crippen LogP contribution in [0.4, 0.5) is 4.39 Å². The van der Waals surface area contributed by atoms with E-state index in [-0.39, 0.29) is 17.0 Å². The second kappa shape index (κ2) is 5.17. The van der Waals surface area contributed by atoms with Crippen molar-refractivity contribution < 1.29 is 9.18 Å². The van der Waals surface area contributed by atoms with Gasteiger partial charge in [0.05, 0.1) is 9.35 Å². The molecular formula is C15H14BrFOS. The lowest BCUT2D eigenvalue weighted by molar-refractivity contribution is 0.104. The van der Waals surface area contributed by atoms with Gasteiger partial charge in [0.25, 0.3) is 0 Å². The third-order valence-electron chi connectivity index (χ3n) is 2.75. The summed E-state index contributed by atoms with van der Waals surface area (Å²) in [6.45, 7) is 6.34. The van der Waals surface area contributed by atoms with E-state index in [1.807, 2.05) is 12.1 Å². The summed E-state index contributed by atoms with van der Waals surface area (Å²) in [5.74, 6) is -0.431. The molecule has 0 aliphatic carbocycles. The molecule has 0 saturated heterocycles. The molecule has 0 aliphatic heterocycles. The molecule has 19 heavy (non-hydrogen) atoms. The molecule has 1 aromatic heterocycles. The van der Waals surface area contributed by atoms with Crippen molar-refractivity contribution in [3.63, 3.8) is 0 Å². The number of carbonyl (C=O) groups excluding carboxylic acids is 1. The van der Waals surface area contributed by atoms with Crippen LogP contribution in [-0.2, 0) is 5.41 Å². The van der Waals surface area contributed by atoms with E-state index in [0.717, 1.165) is 4.88 Å². The molecular weight excluding hydrogens is 327 g/mol. The summed E-state index contributed by atoms with van der Waals surface area (Å²) in [5, 5.41) is 0.